The molecule has 4 aromatic rings. The van der Waals surface area contributed by atoms with Gasteiger partial charge < -0.3 is 19.7 Å². The van der Waals surface area contributed by atoms with Gasteiger partial charge >= 0.3 is 0 Å². The van der Waals surface area contributed by atoms with E-state index in [1.807, 2.05) is 54.6 Å². The van der Waals surface area contributed by atoms with Crippen molar-refractivity contribution in [2.75, 3.05) is 43.6 Å². The lowest BCUT2D eigenvalue weighted by molar-refractivity contribution is 0.122. The summed E-state index contributed by atoms with van der Waals surface area (Å²) < 4.78 is 10.6. The van der Waals surface area contributed by atoms with Crippen molar-refractivity contribution in [2.45, 2.75) is 0 Å². The summed E-state index contributed by atoms with van der Waals surface area (Å²) in [5.41, 5.74) is 6.13. The third kappa shape index (κ3) is 5.21. The predicted octanol–water partition coefficient (Wildman–Crippen LogP) is 4.67. The number of ether oxygens (including phenoxy) is 2. The molecule has 174 valence electrons. The molecule has 0 aliphatic carbocycles. The number of nitrogens with one attached hydrogen (secondary N) is 1. The molecule has 5 rings (SSSR count). The second kappa shape index (κ2) is 10.2. The highest BCUT2D eigenvalue weighted by molar-refractivity contribution is 5.71. The maximum Gasteiger partial charge on any atom is 0.227 e. The molecule has 0 spiro atoms. The Morgan fingerprint density at radius 3 is 2.46 bits per heavy atom. The van der Waals surface area contributed by atoms with Gasteiger partial charge in [-0.05, 0) is 48.0 Å². The van der Waals surface area contributed by atoms with Crippen molar-refractivity contribution >= 4 is 17.3 Å². The average Bonchev–Trinajstić information content (AvgIpc) is 2.94. The van der Waals surface area contributed by atoms with Crippen LogP contribution in [0.15, 0.2) is 73.1 Å². The molecule has 0 saturated carbocycles. The maximum atomic E-state index is 9.56. The first-order valence-electron chi connectivity index (χ1n) is 11.3. The molecule has 2 aromatic carbocycles. The molecule has 1 aliphatic rings. The zero-order valence-corrected chi connectivity index (χ0v) is 19.3. The second-order valence-electron chi connectivity index (χ2n) is 8.04. The van der Waals surface area contributed by atoms with Crippen molar-refractivity contribution in [1.82, 2.24) is 15.0 Å². The number of morpholine rings is 1. The molecule has 0 unspecified atom stereocenters. The number of hydrogen-bond acceptors (Lipinski definition) is 8. The van der Waals surface area contributed by atoms with Crippen molar-refractivity contribution in [2.24, 2.45) is 0 Å². The van der Waals surface area contributed by atoms with Crippen LogP contribution in [0, 0.1) is 11.3 Å². The topological polar surface area (TPSA) is 96.2 Å². The van der Waals surface area contributed by atoms with Gasteiger partial charge in [0, 0.05) is 54.1 Å². The van der Waals surface area contributed by atoms with Crippen LogP contribution in [0.25, 0.3) is 22.4 Å². The Balaban J connectivity index is 1.36. The summed E-state index contributed by atoms with van der Waals surface area (Å²) in [7, 11) is 1.60. The van der Waals surface area contributed by atoms with Gasteiger partial charge in [-0.1, -0.05) is 12.1 Å². The molecular formula is C27H24N6O2. The minimum Gasteiger partial charge on any atom is -0.481 e. The third-order valence-corrected chi connectivity index (χ3v) is 5.79. The number of methoxy groups -OCH3 is 1. The smallest absolute Gasteiger partial charge is 0.227 e. The van der Waals surface area contributed by atoms with Crippen LogP contribution in [0.2, 0.25) is 0 Å². The van der Waals surface area contributed by atoms with Crippen LogP contribution >= 0.6 is 0 Å². The first-order valence-corrected chi connectivity index (χ1v) is 11.3. The number of pyridine rings is 1. The molecule has 35 heavy (non-hydrogen) atoms. The Morgan fingerprint density at radius 2 is 1.74 bits per heavy atom. The van der Waals surface area contributed by atoms with Gasteiger partial charge in [0.05, 0.1) is 37.7 Å². The molecule has 8 nitrogen and oxygen atoms in total. The number of hydrogen-bond donors (Lipinski definition) is 1. The summed E-state index contributed by atoms with van der Waals surface area (Å²) in [5.74, 6) is 1.07. The second-order valence-corrected chi connectivity index (χ2v) is 8.04. The molecule has 0 radical (unpaired) electrons. The molecule has 1 saturated heterocycles. The van der Waals surface area contributed by atoms with Crippen LogP contribution in [0.1, 0.15) is 5.56 Å². The van der Waals surface area contributed by atoms with Crippen LogP contribution in [0.5, 0.6) is 5.88 Å². The van der Waals surface area contributed by atoms with Crippen LogP contribution in [0.4, 0.5) is 17.3 Å². The summed E-state index contributed by atoms with van der Waals surface area (Å²) in [5, 5.41) is 12.8. The van der Waals surface area contributed by atoms with Crippen LogP contribution < -0.4 is 15.0 Å². The van der Waals surface area contributed by atoms with Gasteiger partial charge in [-0.25, -0.2) is 15.0 Å². The van der Waals surface area contributed by atoms with E-state index in [0.29, 0.717) is 30.6 Å². The third-order valence-electron chi connectivity index (χ3n) is 5.79. The molecule has 8 heteroatoms. The number of anilines is 3. The van der Waals surface area contributed by atoms with E-state index in [-0.39, 0.29) is 0 Å². The number of nitriles is 1. The number of rotatable bonds is 6. The molecule has 1 N–H and O–H groups in total. The fourth-order valence-corrected chi connectivity index (χ4v) is 3.95. The van der Waals surface area contributed by atoms with Crippen molar-refractivity contribution in [3.63, 3.8) is 0 Å². The van der Waals surface area contributed by atoms with Crippen LogP contribution in [0.3, 0.4) is 0 Å². The van der Waals surface area contributed by atoms with Gasteiger partial charge in [-0.2, -0.15) is 5.26 Å². The zero-order chi connectivity index (χ0) is 24.0. The van der Waals surface area contributed by atoms with Gasteiger partial charge in [-0.15, -0.1) is 0 Å². The monoisotopic (exact) mass is 464 g/mol. The highest BCUT2D eigenvalue weighted by Crippen LogP contribution is 2.28. The Kier molecular flexibility index (Phi) is 6.50. The lowest BCUT2D eigenvalue weighted by Crippen LogP contribution is -2.36. The summed E-state index contributed by atoms with van der Waals surface area (Å²) in [6.07, 6.45) is 3.50. The van der Waals surface area contributed by atoms with E-state index < -0.39 is 0 Å². The fraction of sp³-hybridized carbons (Fsp3) is 0.185. The Labute approximate surface area is 203 Å². The summed E-state index contributed by atoms with van der Waals surface area (Å²) >= 11 is 0. The van der Waals surface area contributed by atoms with Gasteiger partial charge in [0.1, 0.15) is 0 Å². The highest BCUT2D eigenvalue weighted by atomic mass is 16.5. The van der Waals surface area contributed by atoms with Gasteiger partial charge in [0.15, 0.2) is 0 Å². The van der Waals surface area contributed by atoms with Crippen molar-refractivity contribution in [3.05, 3.63) is 78.6 Å². The van der Waals surface area contributed by atoms with Crippen LogP contribution in [-0.2, 0) is 4.74 Å². The van der Waals surface area contributed by atoms with Crippen LogP contribution in [-0.4, -0.2) is 48.4 Å². The fourth-order valence-electron chi connectivity index (χ4n) is 3.95. The highest BCUT2D eigenvalue weighted by Gasteiger charge is 2.14. The minimum atomic E-state index is 0.483. The molecule has 0 bridgehead atoms. The lowest BCUT2D eigenvalue weighted by Gasteiger charge is -2.29. The number of benzene rings is 2. The average molecular weight is 465 g/mol. The Hall–Kier alpha value is -4.48. The van der Waals surface area contributed by atoms with Crippen molar-refractivity contribution < 1.29 is 9.47 Å². The van der Waals surface area contributed by atoms with E-state index in [9.17, 15) is 5.26 Å². The number of nitrogens with zero attached hydrogens (tertiary/aromatic N) is 5. The SMILES string of the molecule is COc1ccc(-c2ccc(Nc3nccc(-c4cc(C#N)cc(N5CCOCC5)c4)n3)cc2)cn1. The van der Waals surface area contributed by atoms with E-state index >= 15 is 0 Å². The zero-order valence-electron chi connectivity index (χ0n) is 19.3. The summed E-state index contributed by atoms with van der Waals surface area (Å²) in [4.78, 5) is 15.6. The first kappa shape index (κ1) is 22.3. The maximum absolute atomic E-state index is 9.56. The van der Waals surface area contributed by atoms with Gasteiger partial charge in [-0.3, -0.25) is 0 Å². The molecule has 0 atom stereocenters. The Morgan fingerprint density at radius 1 is 0.943 bits per heavy atom. The minimum absolute atomic E-state index is 0.483. The van der Waals surface area contributed by atoms with E-state index in [1.165, 1.54) is 0 Å². The van der Waals surface area contributed by atoms with E-state index in [0.717, 1.165) is 46.8 Å². The lowest BCUT2D eigenvalue weighted by atomic mass is 10.1. The summed E-state index contributed by atoms with van der Waals surface area (Å²) in [6.45, 7) is 2.96. The van der Waals surface area contributed by atoms with E-state index in [4.69, 9.17) is 14.5 Å². The molecule has 3 heterocycles. The summed E-state index contributed by atoms with van der Waals surface area (Å²) in [6, 6.07) is 21.7. The molecule has 0 amide bonds. The normalized spacial score (nSPS) is 13.2. The molecular weight excluding hydrogens is 440 g/mol. The quantitative estimate of drug-likeness (QED) is 0.440. The van der Waals surface area contributed by atoms with Gasteiger partial charge in [0.2, 0.25) is 11.8 Å². The number of aromatic nitrogens is 3. The van der Waals surface area contributed by atoms with Crippen molar-refractivity contribution in [3.8, 4) is 34.3 Å². The van der Waals surface area contributed by atoms with E-state index in [1.54, 1.807) is 19.5 Å². The molecule has 1 aliphatic heterocycles. The van der Waals surface area contributed by atoms with Gasteiger partial charge in [0.25, 0.3) is 0 Å². The first-order chi connectivity index (χ1) is 17.2. The predicted molar refractivity (Wildman–Crippen MR) is 135 cm³/mol. The van der Waals surface area contributed by atoms with E-state index in [2.05, 4.69) is 32.3 Å². The molecule has 1 fully saturated rings. The largest absolute Gasteiger partial charge is 0.481 e. The standard InChI is InChI=1S/C27H24N6O2/c1-34-26-7-4-21(18-30-26)20-2-5-23(6-3-20)31-27-29-9-8-25(32-27)22-14-19(17-28)15-24(16-22)33-10-12-35-13-11-33/h2-9,14-16,18H,10-13H2,1H3,(H,29,31,32). The molecule has 2 aromatic heterocycles. The Bertz CT molecular complexity index is 1340. The van der Waals surface area contributed by atoms with Crippen molar-refractivity contribution in [1.29, 1.82) is 5.26 Å².